The van der Waals surface area contributed by atoms with Gasteiger partial charge in [-0.05, 0) is 55.6 Å². The molecule has 8 nitrogen and oxygen atoms in total. The number of carbonyl (C=O) groups excluding carboxylic acids is 1. The number of aromatic nitrogens is 2. The van der Waals surface area contributed by atoms with Crippen molar-refractivity contribution in [2.45, 2.75) is 12.8 Å². The first kappa shape index (κ1) is 24.0. The molecule has 1 aliphatic rings. The van der Waals surface area contributed by atoms with Gasteiger partial charge >= 0.3 is 5.97 Å². The molecular weight excluding hydrogens is 455 g/mol. The number of hydrogen-bond donors (Lipinski definition) is 3. The van der Waals surface area contributed by atoms with E-state index in [1.54, 1.807) is 6.07 Å². The molecule has 0 saturated carbocycles. The van der Waals surface area contributed by atoms with Crippen LogP contribution >= 0.6 is 23.2 Å². The second-order valence-electron chi connectivity index (χ2n) is 7.76. The molecule has 1 saturated heterocycles. The van der Waals surface area contributed by atoms with Gasteiger partial charge in [-0.15, -0.1) is 0 Å². The third kappa shape index (κ3) is 5.21. The second kappa shape index (κ2) is 10.3. The fourth-order valence-corrected chi connectivity index (χ4v) is 4.35. The van der Waals surface area contributed by atoms with E-state index in [-0.39, 0.29) is 17.9 Å². The summed E-state index contributed by atoms with van der Waals surface area (Å²) < 4.78 is 0. The van der Waals surface area contributed by atoms with E-state index < -0.39 is 5.97 Å². The summed E-state index contributed by atoms with van der Waals surface area (Å²) in [7, 11) is 0. The molecule has 170 valence electrons. The number of fused-ring (bicyclic) bond motifs is 1. The summed E-state index contributed by atoms with van der Waals surface area (Å²) in [6.07, 6.45) is 1.71. The summed E-state index contributed by atoms with van der Waals surface area (Å²) in [5.41, 5.74) is 2.73. The number of piperidine rings is 1. The summed E-state index contributed by atoms with van der Waals surface area (Å²) in [5, 5.41) is 20.6. The van der Waals surface area contributed by atoms with Crippen LogP contribution in [0.1, 0.15) is 23.3 Å². The van der Waals surface area contributed by atoms with Gasteiger partial charge in [-0.1, -0.05) is 41.4 Å². The zero-order chi connectivity index (χ0) is 22.0. The molecule has 1 aromatic heterocycles. The van der Waals surface area contributed by atoms with Gasteiger partial charge in [-0.25, -0.2) is 0 Å². The number of aliphatic carboxylic acids is 1. The van der Waals surface area contributed by atoms with Gasteiger partial charge in [0.05, 0.1) is 22.1 Å². The topological polar surface area (TPSA) is 130 Å². The Morgan fingerprint density at radius 3 is 2.66 bits per heavy atom. The van der Waals surface area contributed by atoms with Gasteiger partial charge in [0, 0.05) is 17.5 Å². The molecule has 0 spiro atoms. The maximum atomic E-state index is 12.8. The molecule has 0 unspecified atom stereocenters. The summed E-state index contributed by atoms with van der Waals surface area (Å²) >= 11 is 12.5. The maximum absolute atomic E-state index is 12.8. The van der Waals surface area contributed by atoms with Gasteiger partial charge in [0.15, 0.2) is 5.69 Å². The largest absolute Gasteiger partial charge is 0.480 e. The standard InChI is InChI=1S/C22H22Cl2N4O3.H2O/c23-17-3-1-2-15(20(17)24)14-4-5-18-16(10-14)21(27-26-18)22(31)25-11-13-6-8-28(9-7-13)12-19(29)30;/h1-5,10,13H,6-9,11-12H2,(H,25,31)(H,26,27)(H,29,30);1H2. The van der Waals surface area contributed by atoms with Crippen molar-refractivity contribution in [3.05, 3.63) is 52.1 Å². The van der Waals surface area contributed by atoms with Crippen molar-refractivity contribution in [3.63, 3.8) is 0 Å². The van der Waals surface area contributed by atoms with E-state index in [1.165, 1.54) is 0 Å². The average molecular weight is 479 g/mol. The predicted octanol–water partition coefficient (Wildman–Crippen LogP) is 3.24. The van der Waals surface area contributed by atoms with Gasteiger partial charge < -0.3 is 15.9 Å². The Labute approximate surface area is 194 Å². The van der Waals surface area contributed by atoms with Crippen LogP contribution in [0, 0.1) is 5.92 Å². The Balaban J connectivity index is 0.00000289. The minimum absolute atomic E-state index is 0. The van der Waals surface area contributed by atoms with Crippen molar-refractivity contribution in [1.29, 1.82) is 0 Å². The molecule has 3 aromatic rings. The van der Waals surface area contributed by atoms with E-state index in [0.717, 1.165) is 42.6 Å². The van der Waals surface area contributed by atoms with Crippen LogP contribution < -0.4 is 5.32 Å². The highest BCUT2D eigenvalue weighted by atomic mass is 35.5. The number of carboxylic acid groups (broad SMARTS) is 1. The Hall–Kier alpha value is -2.65. The fourth-order valence-electron chi connectivity index (χ4n) is 3.94. The second-order valence-corrected chi connectivity index (χ2v) is 8.54. The van der Waals surface area contributed by atoms with E-state index in [0.29, 0.717) is 33.6 Å². The minimum Gasteiger partial charge on any atom is -0.480 e. The minimum atomic E-state index is -0.810. The number of likely N-dealkylation sites (tertiary alicyclic amines) is 1. The number of rotatable bonds is 6. The lowest BCUT2D eigenvalue weighted by Crippen LogP contribution is -2.40. The number of benzene rings is 2. The van der Waals surface area contributed by atoms with Gasteiger partial charge in [0.2, 0.25) is 0 Å². The molecule has 10 heteroatoms. The molecule has 2 aromatic carbocycles. The summed E-state index contributed by atoms with van der Waals surface area (Å²) in [6, 6.07) is 11.1. The van der Waals surface area contributed by atoms with Crippen LogP contribution in [-0.4, -0.2) is 63.7 Å². The average Bonchev–Trinajstić information content (AvgIpc) is 3.18. The van der Waals surface area contributed by atoms with Crippen LogP contribution in [0.15, 0.2) is 36.4 Å². The molecule has 1 aliphatic heterocycles. The van der Waals surface area contributed by atoms with Crippen molar-refractivity contribution < 1.29 is 20.2 Å². The number of nitrogens with zero attached hydrogens (tertiary/aromatic N) is 2. The SMILES string of the molecule is O.O=C(O)CN1CCC(CNC(=O)c2n[nH]c3ccc(-c4cccc(Cl)c4Cl)cc23)CC1. The van der Waals surface area contributed by atoms with Crippen molar-refractivity contribution in [2.24, 2.45) is 5.92 Å². The van der Waals surface area contributed by atoms with Gasteiger partial charge in [0.1, 0.15) is 0 Å². The van der Waals surface area contributed by atoms with E-state index in [4.69, 9.17) is 28.3 Å². The van der Waals surface area contributed by atoms with E-state index in [1.807, 2.05) is 35.2 Å². The molecule has 0 aliphatic carbocycles. The molecule has 1 fully saturated rings. The summed E-state index contributed by atoms with van der Waals surface area (Å²) in [6.45, 7) is 2.05. The number of H-pyrrole nitrogens is 1. The number of aromatic amines is 1. The van der Waals surface area contributed by atoms with Crippen LogP contribution in [0.3, 0.4) is 0 Å². The Kier molecular flexibility index (Phi) is 7.73. The van der Waals surface area contributed by atoms with Crippen molar-refractivity contribution in [1.82, 2.24) is 20.4 Å². The van der Waals surface area contributed by atoms with Crippen LogP contribution in [0.25, 0.3) is 22.0 Å². The lowest BCUT2D eigenvalue weighted by molar-refractivity contribution is -0.138. The van der Waals surface area contributed by atoms with Crippen LogP contribution in [0.2, 0.25) is 10.0 Å². The number of hydrogen-bond acceptors (Lipinski definition) is 4. The highest BCUT2D eigenvalue weighted by Gasteiger charge is 2.22. The smallest absolute Gasteiger partial charge is 0.317 e. The summed E-state index contributed by atoms with van der Waals surface area (Å²) in [5.74, 6) is -0.732. The van der Waals surface area contributed by atoms with Crippen LogP contribution in [-0.2, 0) is 4.79 Å². The zero-order valence-electron chi connectivity index (χ0n) is 17.2. The summed E-state index contributed by atoms with van der Waals surface area (Å²) in [4.78, 5) is 25.6. The first-order chi connectivity index (χ1) is 14.9. The zero-order valence-corrected chi connectivity index (χ0v) is 18.7. The van der Waals surface area contributed by atoms with E-state index in [2.05, 4.69) is 15.5 Å². The van der Waals surface area contributed by atoms with Crippen LogP contribution in [0.4, 0.5) is 0 Å². The Bertz CT molecular complexity index is 1130. The third-order valence-corrected chi connectivity index (χ3v) is 6.48. The normalized spacial score (nSPS) is 14.8. The quantitative estimate of drug-likeness (QED) is 0.500. The fraction of sp³-hybridized carbons (Fsp3) is 0.318. The molecule has 0 bridgehead atoms. The Morgan fingerprint density at radius 1 is 1.19 bits per heavy atom. The van der Waals surface area contributed by atoms with Crippen molar-refractivity contribution in [3.8, 4) is 11.1 Å². The first-order valence-electron chi connectivity index (χ1n) is 10.1. The molecule has 4 rings (SSSR count). The molecule has 0 atom stereocenters. The Morgan fingerprint density at radius 2 is 1.94 bits per heavy atom. The molecular formula is C22H24Cl2N4O4. The van der Waals surface area contributed by atoms with Crippen molar-refractivity contribution in [2.75, 3.05) is 26.2 Å². The highest BCUT2D eigenvalue weighted by molar-refractivity contribution is 6.43. The molecule has 2 heterocycles. The first-order valence-corrected chi connectivity index (χ1v) is 10.8. The number of carboxylic acids is 1. The van der Waals surface area contributed by atoms with E-state index in [9.17, 15) is 9.59 Å². The highest BCUT2D eigenvalue weighted by Crippen LogP contribution is 2.35. The van der Waals surface area contributed by atoms with Gasteiger partial charge in [-0.2, -0.15) is 5.10 Å². The lowest BCUT2D eigenvalue weighted by Gasteiger charge is -2.30. The van der Waals surface area contributed by atoms with Gasteiger partial charge in [-0.3, -0.25) is 19.6 Å². The predicted molar refractivity (Wildman–Crippen MR) is 124 cm³/mol. The molecule has 0 radical (unpaired) electrons. The van der Waals surface area contributed by atoms with Crippen molar-refractivity contribution >= 4 is 46.0 Å². The molecule has 5 N–H and O–H groups in total. The van der Waals surface area contributed by atoms with E-state index >= 15 is 0 Å². The lowest BCUT2D eigenvalue weighted by atomic mass is 9.96. The number of nitrogens with one attached hydrogen (secondary N) is 2. The monoisotopic (exact) mass is 478 g/mol. The number of halogens is 2. The molecule has 1 amide bonds. The number of amides is 1. The maximum Gasteiger partial charge on any atom is 0.317 e. The van der Waals surface area contributed by atoms with Gasteiger partial charge in [0.25, 0.3) is 5.91 Å². The third-order valence-electron chi connectivity index (χ3n) is 5.66. The van der Waals surface area contributed by atoms with Crippen LogP contribution in [0.5, 0.6) is 0 Å². The number of carbonyl (C=O) groups is 2. The molecule has 32 heavy (non-hydrogen) atoms.